The molecule has 5 nitrogen and oxygen atoms in total. The van der Waals surface area contributed by atoms with Gasteiger partial charge in [0.25, 0.3) is 5.91 Å². The Morgan fingerprint density at radius 2 is 2.11 bits per heavy atom. The number of para-hydroxylation sites is 1. The molecule has 1 amide bonds. The van der Waals surface area contributed by atoms with Gasteiger partial charge < -0.3 is 15.0 Å². The standard InChI is InChI=1S/C13H12N2O3/c16-12-5-10(13(17)14-8-6-18-7-8)9-3-1-2-4-11(9)15-12/h1-5,8H,6-7H2,(H,14,17)(H,15,16). The molecular formula is C13H12N2O3. The van der Waals surface area contributed by atoms with Crippen LogP contribution in [-0.2, 0) is 4.74 Å². The summed E-state index contributed by atoms with van der Waals surface area (Å²) >= 11 is 0. The fraction of sp³-hybridized carbons (Fsp3) is 0.231. The topological polar surface area (TPSA) is 71.2 Å². The van der Waals surface area contributed by atoms with E-state index in [-0.39, 0.29) is 17.5 Å². The van der Waals surface area contributed by atoms with Gasteiger partial charge in [-0.3, -0.25) is 9.59 Å². The van der Waals surface area contributed by atoms with Gasteiger partial charge in [0.1, 0.15) is 0 Å². The molecule has 0 spiro atoms. The highest BCUT2D eigenvalue weighted by atomic mass is 16.5. The molecule has 1 aromatic carbocycles. The second kappa shape index (κ2) is 4.27. The lowest BCUT2D eigenvalue weighted by Gasteiger charge is -2.26. The number of aromatic amines is 1. The van der Waals surface area contributed by atoms with E-state index in [0.717, 1.165) is 5.39 Å². The number of H-pyrrole nitrogens is 1. The smallest absolute Gasteiger partial charge is 0.252 e. The first kappa shape index (κ1) is 11.0. The molecule has 2 heterocycles. The molecule has 92 valence electrons. The van der Waals surface area contributed by atoms with Crippen LogP contribution >= 0.6 is 0 Å². The van der Waals surface area contributed by atoms with E-state index >= 15 is 0 Å². The van der Waals surface area contributed by atoms with Crippen LogP contribution in [0.1, 0.15) is 10.4 Å². The molecule has 0 bridgehead atoms. The molecule has 5 heteroatoms. The molecule has 1 aromatic heterocycles. The van der Waals surface area contributed by atoms with Gasteiger partial charge in [-0.15, -0.1) is 0 Å². The van der Waals surface area contributed by atoms with Gasteiger partial charge in [-0.25, -0.2) is 0 Å². The van der Waals surface area contributed by atoms with E-state index in [9.17, 15) is 9.59 Å². The second-order valence-corrected chi connectivity index (χ2v) is 4.30. The summed E-state index contributed by atoms with van der Waals surface area (Å²) in [7, 11) is 0. The molecule has 1 fully saturated rings. The second-order valence-electron chi connectivity index (χ2n) is 4.30. The molecule has 0 radical (unpaired) electrons. The van der Waals surface area contributed by atoms with Crippen LogP contribution in [0.4, 0.5) is 0 Å². The monoisotopic (exact) mass is 244 g/mol. The highest BCUT2D eigenvalue weighted by Crippen LogP contribution is 2.15. The van der Waals surface area contributed by atoms with Gasteiger partial charge in [-0.05, 0) is 6.07 Å². The lowest BCUT2D eigenvalue weighted by atomic mass is 10.1. The van der Waals surface area contributed by atoms with Gasteiger partial charge in [0.15, 0.2) is 0 Å². The van der Waals surface area contributed by atoms with E-state index in [1.54, 1.807) is 6.07 Å². The Labute approximate surface area is 103 Å². The van der Waals surface area contributed by atoms with E-state index in [1.807, 2.05) is 18.2 Å². The van der Waals surface area contributed by atoms with Crippen LogP contribution in [0.2, 0.25) is 0 Å². The first-order chi connectivity index (χ1) is 8.74. The summed E-state index contributed by atoms with van der Waals surface area (Å²) in [5.41, 5.74) is 0.796. The van der Waals surface area contributed by atoms with Gasteiger partial charge >= 0.3 is 0 Å². The van der Waals surface area contributed by atoms with Gasteiger partial charge in [-0.1, -0.05) is 18.2 Å². The third kappa shape index (κ3) is 1.89. The molecule has 2 N–H and O–H groups in total. The average Bonchev–Trinajstić information content (AvgIpc) is 2.32. The van der Waals surface area contributed by atoms with Crippen molar-refractivity contribution in [3.63, 3.8) is 0 Å². The minimum absolute atomic E-state index is 0.0514. The maximum atomic E-state index is 12.1. The van der Waals surface area contributed by atoms with Crippen molar-refractivity contribution < 1.29 is 9.53 Å². The van der Waals surface area contributed by atoms with Gasteiger partial charge in [0.05, 0.1) is 24.8 Å². The zero-order chi connectivity index (χ0) is 12.5. The predicted octanol–water partition coefficient (Wildman–Crippen LogP) is 0.657. The molecule has 2 aromatic rings. The van der Waals surface area contributed by atoms with E-state index in [0.29, 0.717) is 24.3 Å². The molecular weight excluding hydrogens is 232 g/mol. The summed E-state index contributed by atoms with van der Waals surface area (Å²) in [4.78, 5) is 26.3. The first-order valence-electron chi connectivity index (χ1n) is 5.75. The minimum atomic E-state index is -0.274. The number of ether oxygens (including phenoxy) is 1. The van der Waals surface area contributed by atoms with Crippen molar-refractivity contribution in [2.45, 2.75) is 6.04 Å². The molecule has 0 aliphatic carbocycles. The molecule has 0 saturated carbocycles. The van der Waals surface area contributed by atoms with Crippen molar-refractivity contribution >= 4 is 16.8 Å². The molecule has 0 unspecified atom stereocenters. The predicted molar refractivity (Wildman–Crippen MR) is 66.6 cm³/mol. The number of nitrogens with one attached hydrogen (secondary N) is 2. The van der Waals surface area contributed by atoms with E-state index in [2.05, 4.69) is 10.3 Å². The number of fused-ring (bicyclic) bond motifs is 1. The number of amides is 1. The van der Waals surface area contributed by atoms with Crippen LogP contribution in [0.15, 0.2) is 35.1 Å². The number of benzene rings is 1. The highest BCUT2D eigenvalue weighted by molar-refractivity contribution is 6.06. The van der Waals surface area contributed by atoms with Gasteiger partial charge in [0.2, 0.25) is 5.56 Å². The fourth-order valence-corrected chi connectivity index (χ4v) is 1.97. The molecule has 0 atom stereocenters. The zero-order valence-corrected chi connectivity index (χ0v) is 9.60. The third-order valence-electron chi connectivity index (χ3n) is 2.97. The van der Waals surface area contributed by atoms with Crippen LogP contribution in [0.5, 0.6) is 0 Å². The molecule has 3 rings (SSSR count). The van der Waals surface area contributed by atoms with Crippen LogP contribution in [-0.4, -0.2) is 30.1 Å². The highest BCUT2D eigenvalue weighted by Gasteiger charge is 2.22. The lowest BCUT2D eigenvalue weighted by molar-refractivity contribution is -0.00343. The Kier molecular flexibility index (Phi) is 2.60. The fourth-order valence-electron chi connectivity index (χ4n) is 1.97. The van der Waals surface area contributed by atoms with Crippen LogP contribution in [0, 0.1) is 0 Å². The maximum Gasteiger partial charge on any atom is 0.252 e. The molecule has 18 heavy (non-hydrogen) atoms. The number of carbonyl (C=O) groups is 1. The Balaban J connectivity index is 2.04. The quantitative estimate of drug-likeness (QED) is 0.815. The number of hydrogen-bond donors (Lipinski definition) is 2. The third-order valence-corrected chi connectivity index (χ3v) is 2.97. The number of pyridine rings is 1. The van der Waals surface area contributed by atoms with E-state index < -0.39 is 0 Å². The molecule has 1 aliphatic rings. The van der Waals surface area contributed by atoms with Crippen LogP contribution in [0.3, 0.4) is 0 Å². The number of rotatable bonds is 2. The SMILES string of the molecule is O=C(NC1COC1)c1cc(=O)[nH]c2ccccc12. The van der Waals surface area contributed by atoms with Crippen LogP contribution < -0.4 is 10.9 Å². The van der Waals surface area contributed by atoms with Crippen LogP contribution in [0.25, 0.3) is 10.9 Å². The first-order valence-corrected chi connectivity index (χ1v) is 5.75. The number of hydrogen-bond acceptors (Lipinski definition) is 3. The maximum absolute atomic E-state index is 12.1. The van der Waals surface area contributed by atoms with E-state index in [1.165, 1.54) is 6.07 Å². The summed E-state index contributed by atoms with van der Waals surface area (Å²) in [6.45, 7) is 1.07. The Morgan fingerprint density at radius 1 is 1.33 bits per heavy atom. The summed E-state index contributed by atoms with van der Waals surface area (Å²) in [5, 5.41) is 3.58. The Hall–Kier alpha value is -2.14. The number of carbonyl (C=O) groups excluding carboxylic acids is 1. The van der Waals surface area contributed by atoms with Crippen molar-refractivity contribution in [1.82, 2.24) is 10.3 Å². The van der Waals surface area contributed by atoms with Gasteiger partial charge in [-0.2, -0.15) is 0 Å². The molecule has 1 saturated heterocycles. The minimum Gasteiger partial charge on any atom is -0.377 e. The zero-order valence-electron chi connectivity index (χ0n) is 9.60. The van der Waals surface area contributed by atoms with Crippen molar-refractivity contribution in [2.75, 3.05) is 13.2 Å². The number of aromatic nitrogens is 1. The van der Waals surface area contributed by atoms with Crippen molar-refractivity contribution in [3.05, 3.63) is 46.2 Å². The van der Waals surface area contributed by atoms with Crippen molar-refractivity contribution in [3.8, 4) is 0 Å². The summed E-state index contributed by atoms with van der Waals surface area (Å²) in [5.74, 6) is -0.231. The summed E-state index contributed by atoms with van der Waals surface area (Å²) in [6.07, 6.45) is 0. The van der Waals surface area contributed by atoms with E-state index in [4.69, 9.17) is 4.74 Å². The largest absolute Gasteiger partial charge is 0.377 e. The molecule has 1 aliphatic heterocycles. The Morgan fingerprint density at radius 3 is 2.83 bits per heavy atom. The summed E-state index contributed by atoms with van der Waals surface area (Å²) in [6, 6.07) is 8.63. The van der Waals surface area contributed by atoms with Crippen molar-refractivity contribution in [2.24, 2.45) is 0 Å². The summed E-state index contributed by atoms with van der Waals surface area (Å²) < 4.78 is 5.00. The van der Waals surface area contributed by atoms with Gasteiger partial charge in [0, 0.05) is 17.0 Å². The van der Waals surface area contributed by atoms with Crippen molar-refractivity contribution in [1.29, 1.82) is 0 Å². The average molecular weight is 244 g/mol. The normalized spacial score (nSPS) is 15.3. The lowest BCUT2D eigenvalue weighted by Crippen LogP contribution is -2.48. The Bertz CT molecular complexity index is 659.